The highest BCUT2D eigenvalue weighted by Crippen LogP contribution is 2.52. The Balaban J connectivity index is 2.38. The normalized spacial score (nSPS) is 17.1. The molecule has 0 unspecified atom stereocenters. The second-order valence-corrected chi connectivity index (χ2v) is 4.99. The first kappa shape index (κ1) is 11.4. The van der Waals surface area contributed by atoms with Crippen molar-refractivity contribution < 1.29 is 19.4 Å². The molecule has 0 spiro atoms. The highest BCUT2D eigenvalue weighted by Gasteiger charge is 2.46. The zero-order valence-electron chi connectivity index (χ0n) is 8.33. The van der Waals surface area contributed by atoms with Crippen LogP contribution in [-0.2, 0) is 10.2 Å². The average Bonchev–Trinajstić information content (AvgIpc) is 2.93. The molecule has 3 nitrogen and oxygen atoms in total. The van der Waals surface area contributed by atoms with Gasteiger partial charge in [-0.1, -0.05) is 0 Å². The van der Waals surface area contributed by atoms with Gasteiger partial charge in [-0.3, -0.25) is 4.79 Å². The van der Waals surface area contributed by atoms with E-state index in [2.05, 4.69) is 15.9 Å². The largest absolute Gasteiger partial charge is 0.504 e. The SMILES string of the molecule is O=C(O)CC1(c2cc(F)c(O)c(Br)c2)CC1. The molecule has 2 N–H and O–H groups in total. The van der Waals surface area contributed by atoms with Crippen molar-refractivity contribution in [1.82, 2.24) is 0 Å². The lowest BCUT2D eigenvalue weighted by Gasteiger charge is -2.14. The van der Waals surface area contributed by atoms with Crippen LogP contribution in [0.2, 0.25) is 0 Å². The molecule has 1 saturated carbocycles. The van der Waals surface area contributed by atoms with E-state index >= 15 is 0 Å². The molecule has 1 aromatic rings. The molecule has 0 aromatic heterocycles. The monoisotopic (exact) mass is 288 g/mol. The molecular formula is C11H10BrFO3. The van der Waals surface area contributed by atoms with E-state index in [-0.39, 0.29) is 10.9 Å². The summed E-state index contributed by atoms with van der Waals surface area (Å²) >= 11 is 3.05. The van der Waals surface area contributed by atoms with Crippen molar-refractivity contribution in [2.45, 2.75) is 24.7 Å². The third-order valence-electron chi connectivity index (χ3n) is 2.97. The van der Waals surface area contributed by atoms with Crippen molar-refractivity contribution in [2.24, 2.45) is 0 Å². The van der Waals surface area contributed by atoms with Crippen molar-refractivity contribution in [3.8, 4) is 5.75 Å². The first-order valence-electron chi connectivity index (χ1n) is 4.85. The Hall–Kier alpha value is -1.10. The number of rotatable bonds is 3. The molecule has 2 rings (SSSR count). The minimum atomic E-state index is -0.887. The molecule has 5 heteroatoms. The Labute approximate surface area is 100 Å². The highest BCUT2D eigenvalue weighted by atomic mass is 79.9. The predicted molar refractivity (Wildman–Crippen MR) is 58.9 cm³/mol. The molecule has 86 valence electrons. The Bertz CT molecular complexity index is 432. The van der Waals surface area contributed by atoms with Gasteiger partial charge in [0.05, 0.1) is 10.9 Å². The quantitative estimate of drug-likeness (QED) is 0.899. The van der Waals surface area contributed by atoms with Gasteiger partial charge in [-0.05, 0) is 46.5 Å². The summed E-state index contributed by atoms with van der Waals surface area (Å²) < 4.78 is 13.6. The fraction of sp³-hybridized carbons (Fsp3) is 0.364. The molecule has 0 atom stereocenters. The second kappa shape index (κ2) is 3.73. The number of benzene rings is 1. The molecule has 1 aromatic carbocycles. The molecule has 0 amide bonds. The van der Waals surface area contributed by atoms with Gasteiger partial charge in [0.2, 0.25) is 0 Å². The Morgan fingerprint density at radius 1 is 1.50 bits per heavy atom. The molecule has 1 aliphatic carbocycles. The summed E-state index contributed by atoms with van der Waals surface area (Å²) in [6.07, 6.45) is 1.50. The standard InChI is InChI=1S/C11H10BrFO3/c12-7-3-6(4-8(13)10(7)16)11(1-2-11)5-9(14)15/h3-4,16H,1-2,5H2,(H,14,15). The first-order chi connectivity index (χ1) is 7.44. The van der Waals surface area contributed by atoms with Crippen LogP contribution in [0, 0.1) is 5.82 Å². The number of phenolic OH excluding ortho intramolecular Hbond substituents is 1. The van der Waals surface area contributed by atoms with Crippen LogP contribution < -0.4 is 0 Å². The highest BCUT2D eigenvalue weighted by molar-refractivity contribution is 9.10. The maximum Gasteiger partial charge on any atom is 0.304 e. The number of hydrogen-bond donors (Lipinski definition) is 2. The second-order valence-electron chi connectivity index (χ2n) is 4.14. The summed E-state index contributed by atoms with van der Waals surface area (Å²) in [5.41, 5.74) is 0.195. The topological polar surface area (TPSA) is 57.5 Å². The van der Waals surface area contributed by atoms with E-state index in [4.69, 9.17) is 5.11 Å². The Morgan fingerprint density at radius 3 is 2.56 bits per heavy atom. The molecule has 16 heavy (non-hydrogen) atoms. The van der Waals surface area contributed by atoms with Gasteiger partial charge in [-0.25, -0.2) is 4.39 Å². The van der Waals surface area contributed by atoms with Crippen LogP contribution >= 0.6 is 15.9 Å². The molecule has 0 heterocycles. The number of carboxylic acid groups (broad SMARTS) is 1. The summed E-state index contributed by atoms with van der Waals surface area (Å²) in [6.45, 7) is 0. The average molecular weight is 289 g/mol. The number of carboxylic acids is 1. The number of aliphatic carboxylic acids is 1. The minimum Gasteiger partial charge on any atom is -0.504 e. The van der Waals surface area contributed by atoms with Crippen LogP contribution in [-0.4, -0.2) is 16.2 Å². The summed E-state index contributed by atoms with van der Waals surface area (Å²) in [7, 11) is 0. The lowest BCUT2D eigenvalue weighted by molar-refractivity contribution is -0.137. The number of carbonyl (C=O) groups is 1. The fourth-order valence-corrected chi connectivity index (χ4v) is 2.32. The maximum atomic E-state index is 13.3. The number of aromatic hydroxyl groups is 1. The van der Waals surface area contributed by atoms with Crippen LogP contribution in [0.5, 0.6) is 5.75 Å². The van der Waals surface area contributed by atoms with Gasteiger partial charge < -0.3 is 10.2 Å². The van der Waals surface area contributed by atoms with Crippen molar-refractivity contribution in [2.75, 3.05) is 0 Å². The third-order valence-corrected chi connectivity index (χ3v) is 3.58. The lowest BCUT2D eigenvalue weighted by atomic mass is 9.92. The van der Waals surface area contributed by atoms with E-state index in [0.717, 1.165) is 12.8 Å². The van der Waals surface area contributed by atoms with Gasteiger partial charge in [-0.2, -0.15) is 0 Å². The molecular weight excluding hydrogens is 279 g/mol. The smallest absolute Gasteiger partial charge is 0.304 e. The minimum absolute atomic E-state index is 0.00363. The van der Waals surface area contributed by atoms with E-state index in [1.54, 1.807) is 6.07 Å². The number of hydrogen-bond acceptors (Lipinski definition) is 2. The van der Waals surface area contributed by atoms with Crippen LogP contribution in [0.1, 0.15) is 24.8 Å². The molecule has 1 aliphatic rings. The molecule has 0 aliphatic heterocycles. The van der Waals surface area contributed by atoms with Crippen molar-refractivity contribution in [1.29, 1.82) is 0 Å². The van der Waals surface area contributed by atoms with Crippen LogP contribution in [0.4, 0.5) is 4.39 Å². The van der Waals surface area contributed by atoms with Gasteiger partial charge in [0.25, 0.3) is 0 Å². The maximum absolute atomic E-state index is 13.3. The van der Waals surface area contributed by atoms with E-state index in [9.17, 15) is 14.3 Å². The van der Waals surface area contributed by atoms with Crippen LogP contribution in [0.25, 0.3) is 0 Å². The van der Waals surface area contributed by atoms with Gasteiger partial charge in [0.1, 0.15) is 0 Å². The Morgan fingerprint density at radius 2 is 2.12 bits per heavy atom. The predicted octanol–water partition coefficient (Wildman–Crippen LogP) is 2.80. The van der Waals surface area contributed by atoms with E-state index in [0.29, 0.717) is 5.56 Å². The summed E-state index contributed by atoms with van der Waals surface area (Å²) in [5.74, 6) is -2.04. The lowest BCUT2D eigenvalue weighted by Crippen LogP contribution is -2.13. The third kappa shape index (κ3) is 1.91. The summed E-state index contributed by atoms with van der Waals surface area (Å²) in [5, 5.41) is 18.0. The van der Waals surface area contributed by atoms with Crippen molar-refractivity contribution in [3.63, 3.8) is 0 Å². The van der Waals surface area contributed by atoms with E-state index in [1.165, 1.54) is 6.07 Å². The van der Waals surface area contributed by atoms with Gasteiger partial charge in [-0.15, -0.1) is 0 Å². The van der Waals surface area contributed by atoms with Crippen LogP contribution in [0.3, 0.4) is 0 Å². The van der Waals surface area contributed by atoms with Gasteiger partial charge >= 0.3 is 5.97 Å². The van der Waals surface area contributed by atoms with Crippen molar-refractivity contribution >= 4 is 21.9 Å². The summed E-state index contributed by atoms with van der Waals surface area (Å²) in [4.78, 5) is 10.7. The van der Waals surface area contributed by atoms with Gasteiger partial charge in [0.15, 0.2) is 11.6 Å². The first-order valence-corrected chi connectivity index (χ1v) is 5.64. The number of halogens is 2. The molecule has 0 saturated heterocycles. The van der Waals surface area contributed by atoms with Crippen LogP contribution in [0.15, 0.2) is 16.6 Å². The zero-order valence-corrected chi connectivity index (χ0v) is 9.92. The zero-order chi connectivity index (χ0) is 11.9. The van der Waals surface area contributed by atoms with E-state index < -0.39 is 23.0 Å². The van der Waals surface area contributed by atoms with Gasteiger partial charge in [0, 0.05) is 5.41 Å². The van der Waals surface area contributed by atoms with Crippen molar-refractivity contribution in [3.05, 3.63) is 28.0 Å². The fourth-order valence-electron chi connectivity index (χ4n) is 1.88. The Kier molecular flexibility index (Phi) is 2.66. The summed E-state index contributed by atoms with van der Waals surface area (Å²) in [6, 6.07) is 2.81. The molecule has 0 bridgehead atoms. The van der Waals surface area contributed by atoms with E-state index in [1.807, 2.05) is 0 Å². The molecule has 0 radical (unpaired) electrons. The number of phenols is 1. The molecule has 1 fully saturated rings.